The van der Waals surface area contributed by atoms with E-state index in [1.54, 1.807) is 60.7 Å². The molecule has 0 aliphatic carbocycles. The molecule has 3 aromatic carbocycles. The van der Waals surface area contributed by atoms with E-state index in [-0.39, 0.29) is 11.3 Å². The molecule has 3 aromatic rings. The van der Waals surface area contributed by atoms with Crippen LogP contribution in [0.1, 0.15) is 11.1 Å². The molecular weight excluding hydrogens is 435 g/mol. The summed E-state index contributed by atoms with van der Waals surface area (Å²) in [6.45, 7) is 1.89. The Morgan fingerprint density at radius 1 is 0.871 bits per heavy atom. The van der Waals surface area contributed by atoms with Crippen LogP contribution in [0, 0.1) is 6.92 Å². The number of anilines is 2. The van der Waals surface area contributed by atoms with E-state index >= 15 is 0 Å². The van der Waals surface area contributed by atoms with Gasteiger partial charge in [-0.25, -0.2) is 4.90 Å². The van der Waals surface area contributed by atoms with E-state index in [4.69, 9.17) is 27.9 Å². The largest absolute Gasteiger partial charge is 0.495 e. The second-order valence-corrected chi connectivity index (χ2v) is 7.83. The molecule has 0 saturated carbocycles. The first-order valence-electron chi connectivity index (χ1n) is 9.46. The maximum absolute atomic E-state index is 13.5. The third kappa shape index (κ3) is 3.90. The highest BCUT2D eigenvalue weighted by molar-refractivity contribution is 6.46. The van der Waals surface area contributed by atoms with Gasteiger partial charge in [-0.15, -0.1) is 0 Å². The number of carbonyl (C=O) groups is 2. The molecule has 5 nitrogen and oxygen atoms in total. The first-order chi connectivity index (χ1) is 14.9. The molecule has 0 radical (unpaired) electrons. The van der Waals surface area contributed by atoms with E-state index < -0.39 is 11.8 Å². The topological polar surface area (TPSA) is 58.6 Å². The van der Waals surface area contributed by atoms with Crippen LogP contribution >= 0.6 is 23.2 Å². The zero-order chi connectivity index (χ0) is 22.1. The van der Waals surface area contributed by atoms with Crippen molar-refractivity contribution in [3.63, 3.8) is 0 Å². The van der Waals surface area contributed by atoms with Crippen LogP contribution in [0.5, 0.6) is 5.75 Å². The van der Waals surface area contributed by atoms with Crippen molar-refractivity contribution in [1.29, 1.82) is 0 Å². The summed E-state index contributed by atoms with van der Waals surface area (Å²) >= 11 is 12.2. The van der Waals surface area contributed by atoms with Crippen LogP contribution in [0.2, 0.25) is 10.0 Å². The standard InChI is InChI=1S/C24H18Cl2N2O3/c1-14-7-10-17(26)13-18(14)27-22-21(15-8-11-16(25)12-9-15)23(29)28(24(22)30)19-5-3-4-6-20(19)31-2/h3-13,27H,1-2H3. The minimum absolute atomic E-state index is 0.156. The minimum Gasteiger partial charge on any atom is -0.495 e. The van der Waals surface area contributed by atoms with Gasteiger partial charge in [-0.1, -0.05) is 53.5 Å². The SMILES string of the molecule is COc1ccccc1N1C(=O)C(Nc2cc(Cl)ccc2C)=C(c2ccc(Cl)cc2)C1=O. The fourth-order valence-corrected chi connectivity index (χ4v) is 3.72. The lowest BCUT2D eigenvalue weighted by atomic mass is 10.0. The number of aryl methyl sites for hydroxylation is 1. The van der Waals surface area contributed by atoms with Gasteiger partial charge in [0.15, 0.2) is 0 Å². The molecule has 1 aliphatic rings. The Labute approximate surface area is 189 Å². The van der Waals surface area contributed by atoms with Gasteiger partial charge in [0.05, 0.1) is 18.4 Å². The second-order valence-electron chi connectivity index (χ2n) is 6.96. The number of rotatable bonds is 5. The van der Waals surface area contributed by atoms with Crippen LogP contribution in [-0.4, -0.2) is 18.9 Å². The van der Waals surface area contributed by atoms with Crippen molar-refractivity contribution in [3.8, 4) is 5.75 Å². The number of benzene rings is 3. The van der Waals surface area contributed by atoms with E-state index in [2.05, 4.69) is 5.32 Å². The summed E-state index contributed by atoms with van der Waals surface area (Å²) in [6.07, 6.45) is 0. The summed E-state index contributed by atoms with van der Waals surface area (Å²) in [4.78, 5) is 28.1. The molecule has 0 fully saturated rings. The predicted octanol–water partition coefficient (Wildman–Crippen LogP) is 5.71. The molecule has 1 N–H and O–H groups in total. The number of carbonyl (C=O) groups excluding carboxylic acids is 2. The van der Waals surface area contributed by atoms with Crippen LogP contribution in [0.15, 0.2) is 72.4 Å². The maximum Gasteiger partial charge on any atom is 0.282 e. The van der Waals surface area contributed by atoms with E-state index in [0.29, 0.717) is 32.7 Å². The van der Waals surface area contributed by atoms with Crippen molar-refractivity contribution in [1.82, 2.24) is 0 Å². The van der Waals surface area contributed by atoms with Crippen LogP contribution in [0.4, 0.5) is 11.4 Å². The Kier molecular flexibility index (Phi) is 5.72. The van der Waals surface area contributed by atoms with Gasteiger partial charge < -0.3 is 10.1 Å². The predicted molar refractivity (Wildman–Crippen MR) is 124 cm³/mol. The summed E-state index contributed by atoms with van der Waals surface area (Å²) in [5.41, 5.74) is 2.85. The molecule has 4 rings (SSSR count). The number of hydrogen-bond acceptors (Lipinski definition) is 4. The van der Waals surface area contributed by atoms with Gasteiger partial charge in [-0.2, -0.15) is 0 Å². The van der Waals surface area contributed by atoms with Crippen molar-refractivity contribution < 1.29 is 14.3 Å². The van der Waals surface area contributed by atoms with E-state index in [1.807, 2.05) is 13.0 Å². The Hall–Kier alpha value is -3.28. The Morgan fingerprint density at radius 2 is 1.55 bits per heavy atom. The number of imide groups is 1. The fraction of sp³-hybridized carbons (Fsp3) is 0.0833. The normalized spacial score (nSPS) is 13.7. The van der Waals surface area contributed by atoms with E-state index in [0.717, 1.165) is 10.5 Å². The number of halogens is 2. The second kappa shape index (κ2) is 8.46. The molecule has 0 atom stereocenters. The van der Waals surface area contributed by atoms with Gasteiger partial charge in [0.25, 0.3) is 11.8 Å². The van der Waals surface area contributed by atoms with Gasteiger partial charge in [0.2, 0.25) is 0 Å². The summed E-state index contributed by atoms with van der Waals surface area (Å²) in [6, 6.07) is 19.0. The zero-order valence-corrected chi connectivity index (χ0v) is 18.3. The third-order valence-electron chi connectivity index (χ3n) is 5.00. The van der Waals surface area contributed by atoms with Gasteiger partial charge in [0, 0.05) is 15.7 Å². The number of ether oxygens (including phenoxy) is 1. The van der Waals surface area contributed by atoms with Gasteiger partial charge in [-0.3, -0.25) is 9.59 Å². The third-order valence-corrected chi connectivity index (χ3v) is 5.49. The molecule has 0 aromatic heterocycles. The summed E-state index contributed by atoms with van der Waals surface area (Å²) < 4.78 is 5.38. The van der Waals surface area contributed by atoms with Gasteiger partial charge in [0.1, 0.15) is 11.4 Å². The van der Waals surface area contributed by atoms with E-state index in [1.165, 1.54) is 7.11 Å². The van der Waals surface area contributed by atoms with Crippen LogP contribution < -0.4 is 15.0 Å². The first-order valence-corrected chi connectivity index (χ1v) is 10.2. The highest BCUT2D eigenvalue weighted by atomic mass is 35.5. The van der Waals surface area contributed by atoms with E-state index in [9.17, 15) is 9.59 Å². The number of amides is 2. The van der Waals surface area contributed by atoms with Crippen molar-refractivity contribution in [2.45, 2.75) is 6.92 Å². The molecule has 31 heavy (non-hydrogen) atoms. The number of para-hydroxylation sites is 2. The van der Waals surface area contributed by atoms with Crippen molar-refractivity contribution in [3.05, 3.63) is 93.6 Å². The summed E-state index contributed by atoms with van der Waals surface area (Å²) in [7, 11) is 1.49. The molecule has 1 aliphatic heterocycles. The first kappa shape index (κ1) is 21.0. The average Bonchev–Trinajstić information content (AvgIpc) is 3.00. The maximum atomic E-state index is 13.5. The van der Waals surface area contributed by atoms with Crippen molar-refractivity contribution in [2.24, 2.45) is 0 Å². The summed E-state index contributed by atoms with van der Waals surface area (Å²) in [5.74, 6) is -0.530. The lowest BCUT2D eigenvalue weighted by molar-refractivity contribution is -0.120. The van der Waals surface area contributed by atoms with Crippen LogP contribution in [0.25, 0.3) is 5.57 Å². The molecule has 0 bridgehead atoms. The molecule has 2 amide bonds. The van der Waals surface area contributed by atoms with Crippen LogP contribution in [0.3, 0.4) is 0 Å². The Balaban J connectivity index is 1.87. The fourth-order valence-electron chi connectivity index (χ4n) is 3.43. The number of hydrogen-bond donors (Lipinski definition) is 1. The lowest BCUT2D eigenvalue weighted by Crippen LogP contribution is -2.32. The molecule has 1 heterocycles. The monoisotopic (exact) mass is 452 g/mol. The van der Waals surface area contributed by atoms with Gasteiger partial charge >= 0.3 is 0 Å². The Bertz CT molecular complexity index is 1220. The number of nitrogens with one attached hydrogen (secondary N) is 1. The zero-order valence-electron chi connectivity index (χ0n) is 16.8. The van der Waals surface area contributed by atoms with Crippen molar-refractivity contribution >= 4 is 52.0 Å². The Morgan fingerprint density at radius 3 is 2.26 bits per heavy atom. The van der Waals surface area contributed by atoms with Gasteiger partial charge in [-0.05, 0) is 54.4 Å². The van der Waals surface area contributed by atoms with Crippen LogP contribution in [-0.2, 0) is 9.59 Å². The molecule has 0 saturated heterocycles. The quantitative estimate of drug-likeness (QED) is 0.503. The molecule has 156 valence electrons. The summed E-state index contributed by atoms with van der Waals surface area (Å²) in [5, 5.41) is 4.18. The molecule has 7 heteroatoms. The smallest absolute Gasteiger partial charge is 0.282 e. The number of nitrogens with zero attached hydrogens (tertiary/aromatic N) is 1. The molecule has 0 unspecified atom stereocenters. The molecule has 0 spiro atoms. The lowest BCUT2D eigenvalue weighted by Gasteiger charge is -2.18. The minimum atomic E-state index is -0.487. The highest BCUT2D eigenvalue weighted by Gasteiger charge is 2.41. The molecular formula is C24H18Cl2N2O3. The van der Waals surface area contributed by atoms with Crippen molar-refractivity contribution in [2.75, 3.05) is 17.3 Å². The highest BCUT2D eigenvalue weighted by Crippen LogP contribution is 2.38. The average molecular weight is 453 g/mol. The number of methoxy groups -OCH3 is 1.